The molecule has 0 unspecified atom stereocenters. The summed E-state index contributed by atoms with van der Waals surface area (Å²) >= 11 is 0. The van der Waals surface area contributed by atoms with Gasteiger partial charge in [0, 0.05) is 19.1 Å². The van der Waals surface area contributed by atoms with E-state index in [4.69, 9.17) is 0 Å². The lowest BCUT2D eigenvalue weighted by molar-refractivity contribution is 0.136. The summed E-state index contributed by atoms with van der Waals surface area (Å²) in [6.45, 7) is 7.16. The molecule has 0 atom stereocenters. The zero-order valence-electron chi connectivity index (χ0n) is 8.92. The Kier molecular flexibility index (Phi) is 2.73. The van der Waals surface area contributed by atoms with Crippen LogP contribution in [-0.2, 0) is 0 Å². The van der Waals surface area contributed by atoms with Gasteiger partial charge in [0.25, 0.3) is 0 Å². The number of hydrogen-bond acceptors (Lipinski definition) is 1. The minimum atomic E-state index is 0.767. The van der Waals surface area contributed by atoms with E-state index in [1.165, 1.54) is 38.8 Å². The molecule has 1 nitrogen and oxygen atoms in total. The van der Waals surface area contributed by atoms with Gasteiger partial charge >= 0.3 is 0 Å². The Morgan fingerprint density at radius 2 is 2.15 bits per heavy atom. The number of rotatable bonds is 2. The molecule has 0 saturated heterocycles. The maximum Gasteiger partial charge on any atom is 0.0168 e. The highest BCUT2D eigenvalue weighted by Gasteiger charge is 2.25. The lowest BCUT2D eigenvalue weighted by Crippen LogP contribution is -2.42. The molecule has 1 heteroatoms. The predicted octanol–water partition coefficient (Wildman–Crippen LogP) is 2.83. The largest absolute Gasteiger partial charge is 0.296 e. The van der Waals surface area contributed by atoms with Crippen molar-refractivity contribution in [2.24, 2.45) is 5.92 Å². The highest BCUT2D eigenvalue weighted by molar-refractivity contribution is 5.10. The van der Waals surface area contributed by atoms with Crippen LogP contribution in [0, 0.1) is 5.92 Å². The quantitative estimate of drug-likeness (QED) is 0.589. The first-order valence-electron chi connectivity index (χ1n) is 5.70. The van der Waals surface area contributed by atoms with Crippen LogP contribution >= 0.6 is 0 Å². The zero-order valence-corrected chi connectivity index (χ0v) is 8.92. The van der Waals surface area contributed by atoms with E-state index in [0.717, 1.165) is 12.0 Å². The topological polar surface area (TPSA) is 3.24 Å². The third kappa shape index (κ3) is 1.96. The van der Waals surface area contributed by atoms with Crippen LogP contribution in [0.5, 0.6) is 0 Å². The summed E-state index contributed by atoms with van der Waals surface area (Å²) in [6.07, 6.45) is 8.14. The Bertz CT molecular complexity index is 201. The Morgan fingerprint density at radius 1 is 1.38 bits per heavy atom. The Hall–Kier alpha value is -0.300. The van der Waals surface area contributed by atoms with E-state index in [-0.39, 0.29) is 0 Å². The van der Waals surface area contributed by atoms with Gasteiger partial charge in [-0.15, -0.1) is 0 Å². The van der Waals surface area contributed by atoms with E-state index in [1.807, 2.05) is 0 Å². The molecule has 2 rings (SSSR count). The third-order valence-electron chi connectivity index (χ3n) is 3.61. The van der Waals surface area contributed by atoms with Gasteiger partial charge in [-0.3, -0.25) is 4.90 Å². The normalized spacial score (nSPS) is 25.9. The summed E-state index contributed by atoms with van der Waals surface area (Å²) in [5.74, 6) is 0.767. The smallest absolute Gasteiger partial charge is 0.0168 e. The van der Waals surface area contributed by atoms with Gasteiger partial charge in [-0.2, -0.15) is 0 Å². The van der Waals surface area contributed by atoms with E-state index in [2.05, 4.69) is 24.8 Å². The van der Waals surface area contributed by atoms with Crippen LogP contribution in [0.3, 0.4) is 0 Å². The van der Waals surface area contributed by atoms with Crippen molar-refractivity contribution in [2.45, 2.75) is 45.6 Å². The molecule has 0 N–H and O–H groups in total. The van der Waals surface area contributed by atoms with Gasteiger partial charge in [-0.25, -0.2) is 0 Å². The van der Waals surface area contributed by atoms with Gasteiger partial charge in [-0.05, 0) is 25.2 Å². The number of hydrogen-bond donors (Lipinski definition) is 0. The summed E-state index contributed by atoms with van der Waals surface area (Å²) in [7, 11) is 0. The van der Waals surface area contributed by atoms with Crippen LogP contribution in [0.4, 0.5) is 0 Å². The predicted molar refractivity (Wildman–Crippen MR) is 56.8 cm³/mol. The molecule has 1 aliphatic heterocycles. The van der Waals surface area contributed by atoms with Crippen LogP contribution in [0.2, 0.25) is 0 Å². The standard InChI is InChI=1S/C12H21N/c1-10(2)11-6-8-13(9-7-11)12-4-3-5-12/h6,10,12H,3-5,7-9H2,1-2H3. The lowest BCUT2D eigenvalue weighted by Gasteiger charge is -2.39. The molecule has 0 bridgehead atoms. The van der Waals surface area contributed by atoms with E-state index >= 15 is 0 Å². The van der Waals surface area contributed by atoms with Gasteiger partial charge in [0.1, 0.15) is 0 Å². The molecule has 0 aromatic carbocycles. The molecule has 1 fully saturated rings. The van der Waals surface area contributed by atoms with E-state index in [9.17, 15) is 0 Å². The molecule has 13 heavy (non-hydrogen) atoms. The Balaban J connectivity index is 1.87. The van der Waals surface area contributed by atoms with Gasteiger partial charge < -0.3 is 0 Å². The fourth-order valence-corrected chi connectivity index (χ4v) is 2.31. The Morgan fingerprint density at radius 3 is 2.54 bits per heavy atom. The SMILES string of the molecule is CC(C)C1=CCN(C2CCC2)CC1. The molecule has 0 spiro atoms. The summed E-state index contributed by atoms with van der Waals surface area (Å²) in [5, 5.41) is 0. The van der Waals surface area contributed by atoms with Crippen molar-refractivity contribution >= 4 is 0 Å². The van der Waals surface area contributed by atoms with Crippen molar-refractivity contribution < 1.29 is 0 Å². The first kappa shape index (κ1) is 9.26. The van der Waals surface area contributed by atoms with Gasteiger partial charge in [0.05, 0.1) is 0 Å². The fraction of sp³-hybridized carbons (Fsp3) is 0.833. The van der Waals surface area contributed by atoms with Crippen molar-refractivity contribution in [3.05, 3.63) is 11.6 Å². The Labute approximate surface area is 81.8 Å². The molecule has 0 aromatic heterocycles. The second-order valence-corrected chi connectivity index (χ2v) is 4.76. The number of nitrogens with zero attached hydrogens (tertiary/aromatic N) is 1. The average Bonchev–Trinajstić information content (AvgIpc) is 2.02. The van der Waals surface area contributed by atoms with Crippen molar-refractivity contribution in [1.82, 2.24) is 4.90 Å². The zero-order chi connectivity index (χ0) is 9.26. The van der Waals surface area contributed by atoms with Gasteiger partial charge in [-0.1, -0.05) is 31.9 Å². The average molecular weight is 179 g/mol. The maximum absolute atomic E-state index is 2.66. The first-order valence-corrected chi connectivity index (χ1v) is 5.70. The summed E-state index contributed by atoms with van der Waals surface area (Å²) < 4.78 is 0. The molecule has 1 saturated carbocycles. The van der Waals surface area contributed by atoms with Crippen molar-refractivity contribution in [3.63, 3.8) is 0 Å². The molecule has 2 aliphatic rings. The van der Waals surface area contributed by atoms with E-state index in [1.54, 1.807) is 5.57 Å². The fourth-order valence-electron chi connectivity index (χ4n) is 2.31. The van der Waals surface area contributed by atoms with Gasteiger partial charge in [0.2, 0.25) is 0 Å². The minimum Gasteiger partial charge on any atom is -0.296 e. The maximum atomic E-state index is 2.66. The molecular formula is C12H21N. The molecule has 74 valence electrons. The van der Waals surface area contributed by atoms with Crippen LogP contribution in [-0.4, -0.2) is 24.0 Å². The van der Waals surface area contributed by atoms with Crippen molar-refractivity contribution in [1.29, 1.82) is 0 Å². The highest BCUT2D eigenvalue weighted by atomic mass is 15.2. The third-order valence-corrected chi connectivity index (χ3v) is 3.61. The second kappa shape index (κ2) is 3.83. The molecular weight excluding hydrogens is 158 g/mol. The first-order chi connectivity index (χ1) is 6.27. The van der Waals surface area contributed by atoms with E-state index in [0.29, 0.717) is 0 Å². The molecule has 1 aliphatic carbocycles. The molecule has 1 heterocycles. The highest BCUT2D eigenvalue weighted by Crippen LogP contribution is 2.28. The molecule has 0 amide bonds. The second-order valence-electron chi connectivity index (χ2n) is 4.76. The van der Waals surface area contributed by atoms with Crippen molar-refractivity contribution in [2.75, 3.05) is 13.1 Å². The van der Waals surface area contributed by atoms with Crippen LogP contribution in [0.15, 0.2) is 11.6 Å². The molecule has 0 radical (unpaired) electrons. The summed E-state index contributed by atoms with van der Waals surface area (Å²) in [4.78, 5) is 2.66. The minimum absolute atomic E-state index is 0.767. The van der Waals surface area contributed by atoms with Crippen LogP contribution in [0.25, 0.3) is 0 Å². The molecule has 0 aromatic rings. The van der Waals surface area contributed by atoms with Crippen LogP contribution < -0.4 is 0 Å². The lowest BCUT2D eigenvalue weighted by atomic mass is 9.89. The van der Waals surface area contributed by atoms with Gasteiger partial charge in [0.15, 0.2) is 0 Å². The monoisotopic (exact) mass is 179 g/mol. The van der Waals surface area contributed by atoms with Crippen LogP contribution in [0.1, 0.15) is 39.5 Å². The summed E-state index contributed by atoms with van der Waals surface area (Å²) in [6, 6.07) is 0.935. The van der Waals surface area contributed by atoms with Crippen molar-refractivity contribution in [3.8, 4) is 0 Å². The summed E-state index contributed by atoms with van der Waals surface area (Å²) in [5.41, 5.74) is 1.68. The van der Waals surface area contributed by atoms with E-state index < -0.39 is 0 Å².